The summed E-state index contributed by atoms with van der Waals surface area (Å²) in [5, 5.41) is 5.15. The second-order valence-corrected chi connectivity index (χ2v) is 9.67. The lowest BCUT2D eigenvalue weighted by Crippen LogP contribution is -2.54. The van der Waals surface area contributed by atoms with Crippen LogP contribution in [0.4, 0.5) is 0 Å². The Morgan fingerprint density at radius 1 is 0.645 bits per heavy atom. The Hall–Kier alpha value is -2.00. The van der Waals surface area contributed by atoms with Crippen LogP contribution >= 0.6 is 0 Å². The van der Waals surface area contributed by atoms with Gasteiger partial charge in [0.2, 0.25) is 11.8 Å². The van der Waals surface area contributed by atoms with Crippen molar-refractivity contribution in [3.8, 4) is 0 Å². The molecule has 6 N–H and O–H groups in total. The Balaban J connectivity index is 5.19. The topological polar surface area (TPSA) is 154 Å². The molecule has 4 atom stereocenters. The average molecular weight is 443 g/mol. The van der Waals surface area contributed by atoms with E-state index < -0.39 is 47.9 Å². The fourth-order valence-electron chi connectivity index (χ4n) is 2.97. The number of carbonyl (C=O) groups excluding carboxylic acids is 4. The molecule has 0 aliphatic rings. The number of hydrogen-bond acceptors (Lipinski definition) is 7. The van der Waals surface area contributed by atoms with Gasteiger partial charge in [-0.2, -0.15) is 0 Å². The second kappa shape index (κ2) is 13.4. The van der Waals surface area contributed by atoms with Crippen LogP contribution in [0.2, 0.25) is 0 Å². The molecule has 0 aliphatic carbocycles. The molecule has 0 spiro atoms. The Morgan fingerprint density at radius 3 is 1.16 bits per heavy atom. The van der Waals surface area contributed by atoms with Crippen molar-refractivity contribution in [2.24, 2.45) is 35.1 Å². The van der Waals surface area contributed by atoms with Crippen LogP contribution in [0.5, 0.6) is 0 Å². The summed E-state index contributed by atoms with van der Waals surface area (Å²) in [6, 6.07) is -3.62. The SMILES string of the molecule is CC(C)C[C@H](N)C(=O)N[C@H](C(=O)OC(=O)[C@@H](NC(=O)[C@@H](N)CC(C)C)C(C)C)C(C)C. The van der Waals surface area contributed by atoms with E-state index in [1.165, 1.54) is 0 Å². The Labute approximate surface area is 186 Å². The Bertz CT molecular complexity index is 567. The number of esters is 2. The molecule has 0 unspecified atom stereocenters. The van der Waals surface area contributed by atoms with Crippen molar-refractivity contribution in [1.29, 1.82) is 0 Å². The highest BCUT2D eigenvalue weighted by Gasteiger charge is 2.34. The third-order valence-corrected chi connectivity index (χ3v) is 4.76. The first-order valence-corrected chi connectivity index (χ1v) is 11.0. The third-order valence-electron chi connectivity index (χ3n) is 4.76. The van der Waals surface area contributed by atoms with E-state index in [9.17, 15) is 19.2 Å². The molecule has 0 aromatic carbocycles. The Morgan fingerprint density at radius 2 is 0.935 bits per heavy atom. The quantitative estimate of drug-likeness (QED) is 0.260. The molecular formula is C22H42N4O5. The van der Waals surface area contributed by atoms with Crippen LogP contribution in [0.15, 0.2) is 0 Å². The van der Waals surface area contributed by atoms with Gasteiger partial charge in [0.25, 0.3) is 0 Å². The molecule has 0 saturated heterocycles. The van der Waals surface area contributed by atoms with Crippen LogP contribution < -0.4 is 22.1 Å². The minimum absolute atomic E-state index is 0.212. The van der Waals surface area contributed by atoms with Gasteiger partial charge >= 0.3 is 11.9 Å². The summed E-state index contributed by atoms with van der Waals surface area (Å²) >= 11 is 0. The monoisotopic (exact) mass is 442 g/mol. The van der Waals surface area contributed by atoms with Crippen LogP contribution in [0.1, 0.15) is 68.2 Å². The first-order valence-electron chi connectivity index (χ1n) is 11.0. The maximum atomic E-state index is 12.6. The van der Waals surface area contributed by atoms with Gasteiger partial charge < -0.3 is 26.8 Å². The number of ether oxygens (including phenoxy) is 1. The predicted molar refractivity (Wildman–Crippen MR) is 119 cm³/mol. The van der Waals surface area contributed by atoms with E-state index in [4.69, 9.17) is 16.2 Å². The van der Waals surface area contributed by atoms with Crippen LogP contribution in [0, 0.1) is 23.7 Å². The molecule has 31 heavy (non-hydrogen) atoms. The van der Waals surface area contributed by atoms with Crippen LogP contribution in [-0.2, 0) is 23.9 Å². The lowest BCUT2D eigenvalue weighted by molar-refractivity contribution is -0.165. The zero-order chi connectivity index (χ0) is 24.5. The molecule has 0 fully saturated rings. The van der Waals surface area contributed by atoms with Gasteiger partial charge in [0.15, 0.2) is 0 Å². The van der Waals surface area contributed by atoms with E-state index in [2.05, 4.69) is 10.6 Å². The molecular weight excluding hydrogens is 400 g/mol. The summed E-state index contributed by atoms with van der Waals surface area (Å²) in [6.07, 6.45) is 0.922. The van der Waals surface area contributed by atoms with Gasteiger partial charge in [0.1, 0.15) is 12.1 Å². The minimum atomic E-state index is -1.04. The summed E-state index contributed by atoms with van der Waals surface area (Å²) in [5.74, 6) is -2.99. The molecule has 0 saturated carbocycles. The van der Waals surface area contributed by atoms with Crippen LogP contribution in [0.25, 0.3) is 0 Å². The highest BCUT2D eigenvalue weighted by molar-refractivity contribution is 5.95. The number of carbonyl (C=O) groups is 4. The van der Waals surface area contributed by atoms with E-state index in [1.54, 1.807) is 27.7 Å². The van der Waals surface area contributed by atoms with E-state index in [0.717, 1.165) is 0 Å². The first-order chi connectivity index (χ1) is 14.2. The Kier molecular flexibility index (Phi) is 12.6. The molecule has 0 aromatic heterocycles. The maximum Gasteiger partial charge on any atom is 0.336 e. The molecule has 0 aliphatic heterocycles. The van der Waals surface area contributed by atoms with Crippen molar-refractivity contribution in [3.63, 3.8) is 0 Å². The largest absolute Gasteiger partial charge is 0.390 e. The maximum absolute atomic E-state index is 12.6. The van der Waals surface area contributed by atoms with Crippen molar-refractivity contribution in [2.75, 3.05) is 0 Å². The summed E-state index contributed by atoms with van der Waals surface area (Å²) in [5.41, 5.74) is 11.8. The van der Waals surface area contributed by atoms with Gasteiger partial charge in [-0.15, -0.1) is 0 Å². The summed E-state index contributed by atoms with van der Waals surface area (Å²) in [6.45, 7) is 14.6. The predicted octanol–water partition coefficient (Wildman–Crippen LogP) is 1.08. The zero-order valence-corrected chi connectivity index (χ0v) is 20.2. The van der Waals surface area contributed by atoms with E-state index in [1.807, 2.05) is 27.7 Å². The molecule has 0 aromatic rings. The fourth-order valence-corrected chi connectivity index (χ4v) is 2.97. The number of hydrogen-bond donors (Lipinski definition) is 4. The highest BCUT2D eigenvalue weighted by Crippen LogP contribution is 2.11. The smallest absolute Gasteiger partial charge is 0.336 e. The summed E-state index contributed by atoms with van der Waals surface area (Å²) in [7, 11) is 0. The van der Waals surface area contributed by atoms with Gasteiger partial charge in [-0.3, -0.25) is 9.59 Å². The summed E-state index contributed by atoms with van der Waals surface area (Å²) < 4.78 is 5.03. The van der Waals surface area contributed by atoms with Crippen molar-refractivity contribution in [1.82, 2.24) is 10.6 Å². The zero-order valence-electron chi connectivity index (χ0n) is 20.2. The third kappa shape index (κ3) is 10.7. The van der Waals surface area contributed by atoms with E-state index >= 15 is 0 Å². The molecule has 180 valence electrons. The molecule has 9 heteroatoms. The minimum Gasteiger partial charge on any atom is -0.390 e. The van der Waals surface area contributed by atoms with E-state index in [0.29, 0.717) is 12.8 Å². The van der Waals surface area contributed by atoms with Crippen molar-refractivity contribution >= 4 is 23.8 Å². The van der Waals surface area contributed by atoms with Gasteiger partial charge in [-0.25, -0.2) is 9.59 Å². The normalized spacial score (nSPS) is 15.5. The number of nitrogens with two attached hydrogens (primary N) is 2. The fraction of sp³-hybridized carbons (Fsp3) is 0.818. The van der Waals surface area contributed by atoms with Gasteiger partial charge in [0.05, 0.1) is 12.1 Å². The van der Waals surface area contributed by atoms with Crippen molar-refractivity contribution < 1.29 is 23.9 Å². The van der Waals surface area contributed by atoms with Crippen LogP contribution in [-0.4, -0.2) is 47.9 Å². The number of rotatable bonds is 12. The lowest BCUT2D eigenvalue weighted by Gasteiger charge is -2.25. The average Bonchev–Trinajstić information content (AvgIpc) is 2.61. The van der Waals surface area contributed by atoms with Gasteiger partial charge in [0, 0.05) is 0 Å². The molecule has 2 amide bonds. The molecule has 0 heterocycles. The number of amides is 2. The standard InChI is InChI=1S/C22H42N4O5/c1-11(2)9-15(23)19(27)25-17(13(5)6)21(29)31-22(30)18(14(7)8)26-20(28)16(24)10-12(3)4/h11-18H,9-10,23-24H2,1-8H3,(H,25,27)(H,26,28)/t15-,16-,17-,18-/m0/s1. The highest BCUT2D eigenvalue weighted by atomic mass is 16.6. The van der Waals surface area contributed by atoms with Gasteiger partial charge in [-0.1, -0.05) is 55.4 Å². The van der Waals surface area contributed by atoms with Gasteiger partial charge in [-0.05, 0) is 36.5 Å². The van der Waals surface area contributed by atoms with Crippen molar-refractivity contribution in [3.05, 3.63) is 0 Å². The molecule has 0 bridgehead atoms. The van der Waals surface area contributed by atoms with E-state index in [-0.39, 0.29) is 23.7 Å². The first kappa shape index (κ1) is 29.0. The summed E-state index contributed by atoms with van der Waals surface area (Å²) in [4.78, 5) is 49.9. The lowest BCUT2D eigenvalue weighted by atomic mass is 10.0. The molecule has 0 rings (SSSR count). The van der Waals surface area contributed by atoms with Crippen LogP contribution in [0.3, 0.4) is 0 Å². The second-order valence-electron chi connectivity index (χ2n) is 9.67. The number of nitrogens with one attached hydrogen (secondary N) is 2. The molecule has 0 radical (unpaired) electrons. The van der Waals surface area contributed by atoms with Crippen molar-refractivity contribution in [2.45, 2.75) is 92.4 Å². The molecule has 9 nitrogen and oxygen atoms in total.